The summed E-state index contributed by atoms with van der Waals surface area (Å²) in [4.78, 5) is 16.6. The van der Waals surface area contributed by atoms with Crippen LogP contribution in [0.2, 0.25) is 0 Å². The Morgan fingerprint density at radius 1 is 1.04 bits per heavy atom. The number of rotatable bonds is 4. The third-order valence-electron chi connectivity index (χ3n) is 4.91. The smallest absolute Gasteiger partial charge is 0.317 e. The number of nitrogens with one attached hydrogen (secondary N) is 1. The minimum atomic E-state index is 0.000352. The Morgan fingerprint density at radius 2 is 1.73 bits per heavy atom. The van der Waals surface area contributed by atoms with E-state index in [1.165, 1.54) is 11.1 Å². The molecule has 5 nitrogen and oxygen atoms in total. The lowest BCUT2D eigenvalue weighted by atomic mass is 9.87. The van der Waals surface area contributed by atoms with Crippen molar-refractivity contribution < 1.29 is 9.21 Å². The summed E-state index contributed by atoms with van der Waals surface area (Å²) in [5.74, 6) is 0. The van der Waals surface area contributed by atoms with Gasteiger partial charge >= 0.3 is 6.03 Å². The van der Waals surface area contributed by atoms with E-state index >= 15 is 0 Å². The highest BCUT2D eigenvalue weighted by molar-refractivity contribution is 5.74. The van der Waals surface area contributed by atoms with Crippen LogP contribution in [0.15, 0.2) is 47.3 Å². The zero-order valence-electron chi connectivity index (χ0n) is 16.0. The molecule has 1 saturated heterocycles. The van der Waals surface area contributed by atoms with Gasteiger partial charge in [-0.3, -0.25) is 4.90 Å². The number of piperazine rings is 1. The number of hydrogen-bond acceptors (Lipinski definition) is 3. The molecular formula is C21H29N3O2. The van der Waals surface area contributed by atoms with E-state index in [-0.39, 0.29) is 11.4 Å². The van der Waals surface area contributed by atoms with Crippen LogP contribution in [0.4, 0.5) is 4.79 Å². The molecular weight excluding hydrogens is 326 g/mol. The molecule has 0 spiro atoms. The molecule has 140 valence electrons. The predicted molar refractivity (Wildman–Crippen MR) is 103 cm³/mol. The van der Waals surface area contributed by atoms with Gasteiger partial charge in [0.25, 0.3) is 0 Å². The normalized spacial score (nSPS) is 15.9. The number of hydrogen-bond donors (Lipinski definition) is 1. The zero-order valence-corrected chi connectivity index (χ0v) is 16.0. The Labute approximate surface area is 156 Å². The van der Waals surface area contributed by atoms with Crippen molar-refractivity contribution in [2.24, 2.45) is 0 Å². The number of carbonyl (C=O) groups is 1. The van der Waals surface area contributed by atoms with Crippen LogP contribution in [0, 0.1) is 0 Å². The summed E-state index contributed by atoms with van der Waals surface area (Å²) in [6.07, 6.45) is 3.28. The van der Waals surface area contributed by atoms with Gasteiger partial charge in [-0.15, -0.1) is 0 Å². The monoisotopic (exact) mass is 355 g/mol. The second-order valence-electron chi connectivity index (χ2n) is 8.00. The maximum absolute atomic E-state index is 12.3. The lowest BCUT2D eigenvalue weighted by molar-refractivity contribution is 0.135. The molecule has 0 atom stereocenters. The van der Waals surface area contributed by atoms with Gasteiger partial charge in [-0.25, -0.2) is 4.79 Å². The fourth-order valence-electron chi connectivity index (χ4n) is 3.16. The van der Waals surface area contributed by atoms with E-state index < -0.39 is 0 Å². The zero-order chi connectivity index (χ0) is 18.6. The van der Waals surface area contributed by atoms with Crippen LogP contribution in [-0.4, -0.2) is 42.0 Å². The van der Waals surface area contributed by atoms with Gasteiger partial charge in [0.2, 0.25) is 0 Å². The first-order valence-corrected chi connectivity index (χ1v) is 9.27. The van der Waals surface area contributed by atoms with E-state index in [9.17, 15) is 4.79 Å². The molecule has 0 aliphatic carbocycles. The van der Waals surface area contributed by atoms with Crippen molar-refractivity contribution in [1.29, 1.82) is 0 Å². The van der Waals surface area contributed by atoms with Crippen LogP contribution < -0.4 is 5.32 Å². The van der Waals surface area contributed by atoms with Crippen LogP contribution in [0.3, 0.4) is 0 Å². The Kier molecular flexibility index (Phi) is 5.67. The van der Waals surface area contributed by atoms with Crippen LogP contribution in [0.5, 0.6) is 0 Å². The molecule has 1 aromatic heterocycles. The van der Waals surface area contributed by atoms with Crippen molar-refractivity contribution in [2.45, 2.75) is 39.3 Å². The molecule has 3 rings (SSSR count). The highest BCUT2D eigenvalue weighted by Gasteiger charge is 2.21. The molecule has 1 aromatic carbocycles. The van der Waals surface area contributed by atoms with Crippen molar-refractivity contribution in [3.63, 3.8) is 0 Å². The van der Waals surface area contributed by atoms with Gasteiger partial charge in [-0.2, -0.15) is 0 Å². The third kappa shape index (κ3) is 4.88. The molecule has 2 heterocycles. The molecule has 0 unspecified atom stereocenters. The number of nitrogens with zero attached hydrogens (tertiary/aromatic N) is 2. The van der Waals surface area contributed by atoms with Gasteiger partial charge in [0.1, 0.15) is 0 Å². The van der Waals surface area contributed by atoms with Crippen molar-refractivity contribution in [2.75, 3.05) is 26.2 Å². The molecule has 5 heteroatoms. The second kappa shape index (κ2) is 7.96. The number of furan rings is 1. The van der Waals surface area contributed by atoms with Crippen LogP contribution >= 0.6 is 0 Å². The minimum Gasteiger partial charge on any atom is -0.472 e. The minimum absolute atomic E-state index is 0.000352. The second-order valence-corrected chi connectivity index (χ2v) is 8.00. The first-order chi connectivity index (χ1) is 12.4. The van der Waals surface area contributed by atoms with Gasteiger partial charge in [-0.05, 0) is 22.6 Å². The van der Waals surface area contributed by atoms with Crippen LogP contribution in [0.1, 0.15) is 37.5 Å². The first kappa shape index (κ1) is 18.5. The summed E-state index contributed by atoms with van der Waals surface area (Å²) in [5, 5.41) is 2.95. The predicted octanol–water partition coefficient (Wildman–Crippen LogP) is 3.60. The van der Waals surface area contributed by atoms with Crippen LogP contribution in [0.25, 0.3) is 0 Å². The summed E-state index contributed by atoms with van der Waals surface area (Å²) >= 11 is 0. The Morgan fingerprint density at radius 3 is 2.31 bits per heavy atom. The Balaban J connectivity index is 1.44. The molecule has 0 saturated carbocycles. The molecule has 0 radical (unpaired) electrons. The third-order valence-corrected chi connectivity index (χ3v) is 4.91. The first-order valence-electron chi connectivity index (χ1n) is 9.27. The largest absolute Gasteiger partial charge is 0.472 e. The van der Waals surface area contributed by atoms with Crippen molar-refractivity contribution >= 4 is 6.03 Å². The van der Waals surface area contributed by atoms with Crippen molar-refractivity contribution in [3.8, 4) is 0 Å². The maximum atomic E-state index is 12.3. The Hall–Kier alpha value is -2.27. The van der Waals surface area contributed by atoms with Gasteiger partial charge in [0, 0.05) is 44.8 Å². The number of amides is 2. The quantitative estimate of drug-likeness (QED) is 0.911. The van der Waals surface area contributed by atoms with E-state index in [0.717, 1.165) is 38.3 Å². The van der Waals surface area contributed by atoms with E-state index in [1.54, 1.807) is 12.5 Å². The van der Waals surface area contributed by atoms with Gasteiger partial charge in [-0.1, -0.05) is 45.0 Å². The molecule has 1 aliphatic rings. The Bertz CT molecular complexity index is 694. The van der Waals surface area contributed by atoms with E-state index in [4.69, 9.17) is 4.42 Å². The number of urea groups is 1. The molecule has 1 N–H and O–H groups in total. The van der Waals surface area contributed by atoms with Crippen molar-refractivity contribution in [3.05, 3.63) is 59.5 Å². The fraction of sp³-hybridized carbons (Fsp3) is 0.476. The van der Waals surface area contributed by atoms with Gasteiger partial charge < -0.3 is 14.6 Å². The molecule has 1 fully saturated rings. The highest BCUT2D eigenvalue weighted by Crippen LogP contribution is 2.22. The van der Waals surface area contributed by atoms with Gasteiger partial charge in [0.15, 0.2) is 0 Å². The topological polar surface area (TPSA) is 48.7 Å². The summed E-state index contributed by atoms with van der Waals surface area (Å²) < 4.78 is 5.02. The standard InChI is InChI=1S/C21H29N3O2/c1-21(2,3)19-6-4-17(5-7-19)15-23-9-11-24(12-10-23)20(25)22-14-18-8-13-26-16-18/h4-8,13,16H,9-12,14-15H2,1-3H3,(H,22,25). The van der Waals surface area contributed by atoms with Crippen molar-refractivity contribution in [1.82, 2.24) is 15.1 Å². The summed E-state index contributed by atoms with van der Waals surface area (Å²) in [6, 6.07) is 10.8. The maximum Gasteiger partial charge on any atom is 0.317 e. The van der Waals surface area contributed by atoms with Gasteiger partial charge in [0.05, 0.1) is 12.5 Å². The summed E-state index contributed by atoms with van der Waals surface area (Å²) in [6.45, 7) is 11.5. The van der Waals surface area contributed by atoms with Crippen LogP contribution in [-0.2, 0) is 18.5 Å². The molecule has 2 amide bonds. The molecule has 0 bridgehead atoms. The van der Waals surface area contributed by atoms with E-state index in [1.807, 2.05) is 11.0 Å². The molecule has 1 aliphatic heterocycles. The lowest BCUT2D eigenvalue weighted by Crippen LogP contribution is -2.51. The number of carbonyl (C=O) groups excluding carboxylic acids is 1. The lowest BCUT2D eigenvalue weighted by Gasteiger charge is -2.34. The molecule has 26 heavy (non-hydrogen) atoms. The summed E-state index contributed by atoms with van der Waals surface area (Å²) in [7, 11) is 0. The molecule has 2 aromatic rings. The van der Waals surface area contributed by atoms with E-state index in [2.05, 4.69) is 55.3 Å². The number of benzene rings is 1. The average molecular weight is 355 g/mol. The summed E-state index contributed by atoms with van der Waals surface area (Å²) in [5.41, 5.74) is 3.86. The SMILES string of the molecule is CC(C)(C)c1ccc(CN2CCN(C(=O)NCc3ccoc3)CC2)cc1. The fourth-order valence-corrected chi connectivity index (χ4v) is 3.16. The van der Waals surface area contributed by atoms with E-state index in [0.29, 0.717) is 6.54 Å². The highest BCUT2D eigenvalue weighted by atomic mass is 16.3. The average Bonchev–Trinajstić information content (AvgIpc) is 3.13.